The average molecular weight is 469 g/mol. The molecule has 0 saturated heterocycles. The minimum atomic E-state index is 0.736. The van der Waals surface area contributed by atoms with Gasteiger partial charge < -0.3 is 8.98 Å². The molecule has 0 N–H and O–H groups in total. The van der Waals surface area contributed by atoms with Crippen LogP contribution < -0.4 is 5.46 Å². The van der Waals surface area contributed by atoms with Gasteiger partial charge in [0.25, 0.3) is 0 Å². The summed E-state index contributed by atoms with van der Waals surface area (Å²) in [4.78, 5) is 0. The maximum atomic E-state index is 6.34. The molecule has 0 amide bonds. The Labute approximate surface area is 214 Å². The van der Waals surface area contributed by atoms with Crippen LogP contribution in [0.1, 0.15) is 0 Å². The van der Waals surface area contributed by atoms with Crippen LogP contribution >= 0.6 is 0 Å². The topological polar surface area (TPSA) is 18.1 Å². The van der Waals surface area contributed by atoms with Crippen molar-refractivity contribution in [2.45, 2.75) is 0 Å². The number of benzene rings is 6. The van der Waals surface area contributed by atoms with Gasteiger partial charge in [0.1, 0.15) is 19.0 Å². The molecular weight excluding hydrogens is 449 g/mol. The maximum Gasteiger partial charge on any atom is 0.135 e. The van der Waals surface area contributed by atoms with Gasteiger partial charge in [-0.15, -0.1) is 0 Å². The second-order valence-corrected chi connectivity index (χ2v) is 9.62. The van der Waals surface area contributed by atoms with E-state index in [1.807, 2.05) is 18.2 Å². The lowest BCUT2D eigenvalue weighted by molar-refractivity contribution is 0.669. The van der Waals surface area contributed by atoms with E-state index in [0.29, 0.717) is 0 Å². The smallest absolute Gasteiger partial charge is 0.135 e. The minimum Gasteiger partial charge on any atom is -0.456 e. The van der Waals surface area contributed by atoms with E-state index in [9.17, 15) is 0 Å². The van der Waals surface area contributed by atoms with Gasteiger partial charge in [-0.05, 0) is 64.4 Å². The minimum absolute atomic E-state index is 0.736. The number of hydrogen-bond acceptors (Lipinski definition) is 1. The zero-order valence-electron chi connectivity index (χ0n) is 20.0. The standard InChI is InChI=1S/C34H20BNO/c35-28-11-6-12-32-34(28)27-19-22(15-18-31(27)37-32)23-13-16-26-30(20-23)36(24-8-2-1-3-9-24)29-17-14-21-7-4-5-10-25(21)33(26)29/h1-20H. The third kappa shape index (κ3) is 2.95. The van der Waals surface area contributed by atoms with Gasteiger partial charge in [-0.1, -0.05) is 84.3 Å². The highest BCUT2D eigenvalue weighted by molar-refractivity contribution is 6.41. The van der Waals surface area contributed by atoms with Crippen LogP contribution in [0.2, 0.25) is 0 Å². The van der Waals surface area contributed by atoms with Gasteiger partial charge in [-0.3, -0.25) is 0 Å². The molecule has 0 bridgehead atoms. The zero-order chi connectivity index (χ0) is 24.5. The van der Waals surface area contributed by atoms with Crippen LogP contribution in [-0.4, -0.2) is 12.4 Å². The maximum absolute atomic E-state index is 6.34. The summed E-state index contributed by atoms with van der Waals surface area (Å²) in [7, 11) is 6.34. The van der Waals surface area contributed by atoms with Gasteiger partial charge in [0.2, 0.25) is 0 Å². The molecular formula is C34H20BNO. The Hall–Kier alpha value is -4.76. The molecule has 6 aromatic carbocycles. The molecule has 0 atom stereocenters. The van der Waals surface area contributed by atoms with Gasteiger partial charge >= 0.3 is 0 Å². The van der Waals surface area contributed by atoms with Crippen molar-refractivity contribution in [2.24, 2.45) is 0 Å². The molecule has 0 saturated carbocycles. The quantitative estimate of drug-likeness (QED) is 0.233. The van der Waals surface area contributed by atoms with E-state index >= 15 is 0 Å². The van der Waals surface area contributed by atoms with E-state index < -0.39 is 0 Å². The van der Waals surface area contributed by atoms with Crippen LogP contribution in [0.25, 0.3) is 71.3 Å². The van der Waals surface area contributed by atoms with Crippen molar-refractivity contribution in [3.63, 3.8) is 0 Å². The molecule has 0 fully saturated rings. The summed E-state index contributed by atoms with van der Waals surface area (Å²) in [6.07, 6.45) is 0. The summed E-state index contributed by atoms with van der Waals surface area (Å²) in [5, 5.41) is 7.08. The number of aromatic nitrogens is 1. The molecule has 2 nitrogen and oxygen atoms in total. The van der Waals surface area contributed by atoms with Gasteiger partial charge in [0, 0.05) is 27.2 Å². The van der Waals surface area contributed by atoms with E-state index in [2.05, 4.69) is 108 Å². The van der Waals surface area contributed by atoms with Crippen molar-refractivity contribution in [3.8, 4) is 16.8 Å². The van der Waals surface area contributed by atoms with E-state index in [1.54, 1.807) is 0 Å². The molecule has 0 aliphatic rings. The van der Waals surface area contributed by atoms with Crippen LogP contribution in [0.4, 0.5) is 0 Å². The lowest BCUT2D eigenvalue weighted by Gasteiger charge is -2.09. The second kappa shape index (κ2) is 7.62. The summed E-state index contributed by atoms with van der Waals surface area (Å²) in [6, 6.07) is 42.7. The first-order valence-electron chi connectivity index (χ1n) is 12.5. The van der Waals surface area contributed by atoms with Gasteiger partial charge in [-0.25, -0.2) is 0 Å². The fourth-order valence-corrected chi connectivity index (χ4v) is 5.86. The van der Waals surface area contributed by atoms with E-state index in [1.165, 1.54) is 32.6 Å². The molecule has 37 heavy (non-hydrogen) atoms. The molecule has 2 aromatic heterocycles. The molecule has 0 spiro atoms. The monoisotopic (exact) mass is 469 g/mol. The number of furan rings is 1. The first kappa shape index (κ1) is 20.4. The summed E-state index contributed by atoms with van der Waals surface area (Å²) in [5.74, 6) is 0. The van der Waals surface area contributed by atoms with E-state index in [4.69, 9.17) is 12.3 Å². The Balaban J connectivity index is 1.45. The van der Waals surface area contributed by atoms with Crippen LogP contribution in [0, 0.1) is 0 Å². The third-order valence-corrected chi connectivity index (χ3v) is 7.53. The predicted molar refractivity (Wildman–Crippen MR) is 156 cm³/mol. The van der Waals surface area contributed by atoms with E-state index in [0.717, 1.165) is 44.2 Å². The summed E-state index contributed by atoms with van der Waals surface area (Å²) in [6.45, 7) is 0. The normalized spacial score (nSPS) is 11.9. The molecule has 170 valence electrons. The highest BCUT2D eigenvalue weighted by Gasteiger charge is 2.16. The number of rotatable bonds is 2. The number of hydrogen-bond donors (Lipinski definition) is 0. The van der Waals surface area contributed by atoms with Gasteiger partial charge in [-0.2, -0.15) is 0 Å². The first-order valence-corrected chi connectivity index (χ1v) is 12.5. The summed E-state index contributed by atoms with van der Waals surface area (Å²) < 4.78 is 8.45. The van der Waals surface area contributed by atoms with Crippen molar-refractivity contribution >= 4 is 67.8 Å². The third-order valence-electron chi connectivity index (χ3n) is 7.53. The van der Waals surface area contributed by atoms with Gasteiger partial charge in [0.05, 0.1) is 11.0 Å². The average Bonchev–Trinajstić information content (AvgIpc) is 3.49. The zero-order valence-corrected chi connectivity index (χ0v) is 20.0. The predicted octanol–water partition coefficient (Wildman–Crippen LogP) is 8.30. The van der Waals surface area contributed by atoms with Crippen molar-refractivity contribution in [1.82, 2.24) is 4.57 Å². The molecule has 2 radical (unpaired) electrons. The SMILES string of the molecule is [B]c1cccc2oc3ccc(-c4ccc5c6c7ccccc7ccc6n(-c6ccccc6)c5c4)cc3c12. The molecule has 0 aliphatic carbocycles. The van der Waals surface area contributed by atoms with Crippen LogP contribution in [0.5, 0.6) is 0 Å². The van der Waals surface area contributed by atoms with Crippen molar-refractivity contribution in [1.29, 1.82) is 0 Å². The van der Waals surface area contributed by atoms with E-state index in [-0.39, 0.29) is 0 Å². The Morgan fingerprint density at radius 1 is 0.514 bits per heavy atom. The number of para-hydroxylation sites is 1. The highest BCUT2D eigenvalue weighted by Crippen LogP contribution is 2.39. The highest BCUT2D eigenvalue weighted by atomic mass is 16.3. The summed E-state index contributed by atoms with van der Waals surface area (Å²) in [5.41, 5.74) is 8.24. The van der Waals surface area contributed by atoms with Crippen molar-refractivity contribution in [3.05, 3.63) is 121 Å². The fourth-order valence-electron chi connectivity index (χ4n) is 5.86. The number of nitrogens with zero attached hydrogens (tertiary/aromatic N) is 1. The van der Waals surface area contributed by atoms with Crippen LogP contribution in [0.15, 0.2) is 126 Å². The summed E-state index contributed by atoms with van der Waals surface area (Å²) >= 11 is 0. The van der Waals surface area contributed by atoms with Crippen LogP contribution in [-0.2, 0) is 0 Å². The first-order chi connectivity index (χ1) is 18.3. The molecule has 8 aromatic rings. The fraction of sp³-hybridized carbons (Fsp3) is 0. The Bertz CT molecular complexity index is 2150. The molecule has 3 heteroatoms. The largest absolute Gasteiger partial charge is 0.456 e. The molecule has 8 rings (SSSR count). The number of fused-ring (bicyclic) bond motifs is 8. The molecule has 0 aliphatic heterocycles. The van der Waals surface area contributed by atoms with Crippen molar-refractivity contribution in [2.75, 3.05) is 0 Å². The Morgan fingerprint density at radius 2 is 1.32 bits per heavy atom. The molecule has 0 unspecified atom stereocenters. The lowest BCUT2D eigenvalue weighted by Crippen LogP contribution is -2.01. The second-order valence-electron chi connectivity index (χ2n) is 9.62. The van der Waals surface area contributed by atoms with Crippen molar-refractivity contribution < 1.29 is 4.42 Å². The van der Waals surface area contributed by atoms with Gasteiger partial charge in [0.15, 0.2) is 0 Å². The Morgan fingerprint density at radius 3 is 2.24 bits per heavy atom. The van der Waals surface area contributed by atoms with Crippen LogP contribution in [0.3, 0.4) is 0 Å². The Kier molecular flexibility index (Phi) is 4.21. The molecule has 2 heterocycles. The lowest BCUT2D eigenvalue weighted by atomic mass is 9.90.